The number of piperazine rings is 1. The second kappa shape index (κ2) is 7.44. The summed E-state index contributed by atoms with van der Waals surface area (Å²) in [6, 6.07) is 10.7. The Morgan fingerprint density at radius 3 is 2.46 bits per heavy atom. The molecular weight excluding hydrogens is 371 g/mol. The Morgan fingerprint density at radius 1 is 1.00 bits per heavy atom. The minimum absolute atomic E-state index is 0.102. The lowest BCUT2D eigenvalue weighted by molar-refractivity contribution is -0.137. The molecule has 0 unspecified atom stereocenters. The fourth-order valence-corrected chi connectivity index (χ4v) is 3.47. The Kier molecular flexibility index (Phi) is 4.99. The van der Waals surface area contributed by atoms with Gasteiger partial charge in [0.2, 0.25) is 0 Å². The quantitative estimate of drug-likeness (QED) is 0.851. The first kappa shape index (κ1) is 18.8. The highest BCUT2D eigenvalue weighted by Gasteiger charge is 2.32. The van der Waals surface area contributed by atoms with E-state index in [2.05, 4.69) is 14.8 Å². The third kappa shape index (κ3) is 3.70. The maximum Gasteiger partial charge on any atom is 0.416 e. The molecule has 4 rings (SSSR count). The van der Waals surface area contributed by atoms with Gasteiger partial charge < -0.3 is 14.7 Å². The van der Waals surface area contributed by atoms with E-state index in [-0.39, 0.29) is 12.3 Å². The number of β-amino-alcohol motifs (C(OH)–C–C–N with tert-alkyl or cyclic N) is 1. The number of aliphatic hydroxyl groups is 1. The van der Waals surface area contributed by atoms with Crippen molar-refractivity contribution < 1.29 is 23.0 Å². The minimum atomic E-state index is -4.44. The summed E-state index contributed by atoms with van der Waals surface area (Å²) >= 11 is 0. The summed E-state index contributed by atoms with van der Waals surface area (Å²) in [6.45, 7) is 3.54. The van der Waals surface area contributed by atoms with Gasteiger partial charge in [-0.25, -0.2) is 4.99 Å². The Morgan fingerprint density at radius 2 is 1.75 bits per heavy atom. The molecule has 148 valence electrons. The fourth-order valence-electron chi connectivity index (χ4n) is 3.47. The van der Waals surface area contributed by atoms with E-state index in [9.17, 15) is 13.2 Å². The molecular formula is C20H20F3N3O2. The molecule has 28 heavy (non-hydrogen) atoms. The van der Waals surface area contributed by atoms with Crippen molar-refractivity contribution in [1.82, 2.24) is 9.80 Å². The molecule has 2 aliphatic heterocycles. The van der Waals surface area contributed by atoms with Gasteiger partial charge in [-0.05, 0) is 30.3 Å². The number of hydrogen-bond acceptors (Lipinski definition) is 5. The Bertz CT molecular complexity index is 891. The number of rotatable bonds is 2. The van der Waals surface area contributed by atoms with Crippen LogP contribution in [0.25, 0.3) is 0 Å². The van der Waals surface area contributed by atoms with E-state index in [0.29, 0.717) is 37.0 Å². The molecule has 0 aliphatic carbocycles. The molecule has 0 aromatic heterocycles. The van der Waals surface area contributed by atoms with Crippen LogP contribution in [0, 0.1) is 0 Å². The largest absolute Gasteiger partial charge is 0.454 e. The summed E-state index contributed by atoms with van der Waals surface area (Å²) in [5.74, 6) is 1.48. The molecule has 2 heterocycles. The number of aliphatic hydroxyl groups excluding tert-OH is 1. The molecule has 2 aromatic carbocycles. The predicted molar refractivity (Wildman–Crippen MR) is 99.3 cm³/mol. The van der Waals surface area contributed by atoms with Crippen LogP contribution in [-0.4, -0.2) is 60.1 Å². The summed E-state index contributed by atoms with van der Waals surface area (Å²) in [4.78, 5) is 8.80. The number of halogens is 3. The van der Waals surface area contributed by atoms with Crippen molar-refractivity contribution in [2.75, 3.05) is 39.3 Å². The number of amidine groups is 1. The summed E-state index contributed by atoms with van der Waals surface area (Å²) in [7, 11) is 0. The molecule has 0 amide bonds. The molecule has 1 N–H and O–H groups in total. The second-order valence-corrected chi connectivity index (χ2v) is 6.77. The highest BCUT2D eigenvalue weighted by molar-refractivity contribution is 6.03. The lowest BCUT2D eigenvalue weighted by Crippen LogP contribution is -2.49. The molecule has 2 aliphatic rings. The van der Waals surface area contributed by atoms with Gasteiger partial charge in [0.25, 0.3) is 0 Å². The molecule has 1 fully saturated rings. The number of para-hydroxylation sites is 1. The Hall–Kier alpha value is -2.58. The molecule has 1 saturated heterocycles. The number of alkyl halides is 3. The molecule has 0 bridgehead atoms. The predicted octanol–water partition coefficient (Wildman–Crippen LogP) is 3.50. The van der Waals surface area contributed by atoms with Gasteiger partial charge in [-0.2, -0.15) is 13.2 Å². The van der Waals surface area contributed by atoms with Gasteiger partial charge in [-0.15, -0.1) is 0 Å². The van der Waals surface area contributed by atoms with E-state index in [1.54, 1.807) is 6.07 Å². The first-order chi connectivity index (χ1) is 13.5. The number of nitrogens with zero attached hydrogens (tertiary/aromatic N) is 3. The van der Waals surface area contributed by atoms with Crippen molar-refractivity contribution in [3.05, 3.63) is 53.6 Å². The van der Waals surface area contributed by atoms with E-state index < -0.39 is 11.7 Å². The maximum atomic E-state index is 13.2. The van der Waals surface area contributed by atoms with Crippen LogP contribution in [-0.2, 0) is 6.18 Å². The van der Waals surface area contributed by atoms with Gasteiger partial charge in [0.15, 0.2) is 5.75 Å². The highest BCUT2D eigenvalue weighted by atomic mass is 19.4. The second-order valence-electron chi connectivity index (χ2n) is 6.77. The Labute approximate surface area is 160 Å². The van der Waals surface area contributed by atoms with Crippen LogP contribution in [0.1, 0.15) is 11.1 Å². The zero-order valence-corrected chi connectivity index (χ0v) is 15.1. The third-order valence-corrected chi connectivity index (χ3v) is 4.95. The van der Waals surface area contributed by atoms with Crippen molar-refractivity contribution in [1.29, 1.82) is 0 Å². The average Bonchev–Trinajstić information content (AvgIpc) is 2.84. The summed E-state index contributed by atoms with van der Waals surface area (Å²) in [6.07, 6.45) is -4.44. The number of fused-ring (bicyclic) bond motifs is 2. The molecule has 0 saturated carbocycles. The molecule has 5 nitrogen and oxygen atoms in total. The lowest BCUT2D eigenvalue weighted by atomic mass is 10.1. The first-order valence-electron chi connectivity index (χ1n) is 9.11. The minimum Gasteiger partial charge on any atom is -0.454 e. The van der Waals surface area contributed by atoms with Gasteiger partial charge in [0, 0.05) is 32.7 Å². The van der Waals surface area contributed by atoms with E-state index >= 15 is 0 Å². The van der Waals surface area contributed by atoms with Gasteiger partial charge in [-0.1, -0.05) is 12.1 Å². The van der Waals surface area contributed by atoms with Crippen LogP contribution in [0.15, 0.2) is 47.5 Å². The monoisotopic (exact) mass is 391 g/mol. The number of ether oxygens (including phenoxy) is 1. The zero-order valence-electron chi connectivity index (χ0n) is 15.1. The van der Waals surface area contributed by atoms with Crippen LogP contribution >= 0.6 is 0 Å². The zero-order chi connectivity index (χ0) is 19.7. The Balaban J connectivity index is 1.74. The third-order valence-electron chi connectivity index (χ3n) is 4.95. The topological polar surface area (TPSA) is 48.3 Å². The van der Waals surface area contributed by atoms with Gasteiger partial charge in [-0.3, -0.25) is 4.90 Å². The molecule has 0 spiro atoms. The summed E-state index contributed by atoms with van der Waals surface area (Å²) in [5, 5.41) is 9.11. The summed E-state index contributed by atoms with van der Waals surface area (Å²) in [5.41, 5.74) is 0.165. The van der Waals surface area contributed by atoms with E-state index in [1.165, 1.54) is 6.07 Å². The number of aliphatic imine (C=N–C) groups is 1. The standard InChI is InChI=1S/C20H20F3N3O2/c21-20(22,23)14-5-6-18-16(13-14)24-19(15-3-1-2-4-17(15)28-18)26-9-7-25(8-10-26)11-12-27/h1-6,13,27H,7-12H2. The van der Waals surface area contributed by atoms with E-state index in [4.69, 9.17) is 9.84 Å². The van der Waals surface area contributed by atoms with Gasteiger partial charge >= 0.3 is 6.18 Å². The van der Waals surface area contributed by atoms with Crippen LogP contribution in [0.4, 0.5) is 18.9 Å². The van der Waals surface area contributed by atoms with Crippen molar-refractivity contribution in [2.24, 2.45) is 4.99 Å². The summed E-state index contributed by atoms with van der Waals surface area (Å²) < 4.78 is 45.4. The maximum absolute atomic E-state index is 13.2. The average molecular weight is 391 g/mol. The van der Waals surface area contributed by atoms with Crippen molar-refractivity contribution >= 4 is 11.5 Å². The molecule has 8 heteroatoms. The van der Waals surface area contributed by atoms with Crippen molar-refractivity contribution in [2.45, 2.75) is 6.18 Å². The van der Waals surface area contributed by atoms with E-state index in [0.717, 1.165) is 30.8 Å². The molecule has 2 aromatic rings. The highest BCUT2D eigenvalue weighted by Crippen LogP contribution is 2.41. The molecule has 0 radical (unpaired) electrons. The number of benzene rings is 2. The van der Waals surface area contributed by atoms with Crippen LogP contribution in [0.3, 0.4) is 0 Å². The van der Waals surface area contributed by atoms with Crippen LogP contribution in [0.5, 0.6) is 11.5 Å². The van der Waals surface area contributed by atoms with E-state index in [1.807, 2.05) is 18.2 Å². The normalized spacial score (nSPS) is 17.3. The fraction of sp³-hybridized carbons (Fsp3) is 0.350. The van der Waals surface area contributed by atoms with Crippen LogP contribution < -0.4 is 4.74 Å². The molecule has 0 atom stereocenters. The number of hydrogen-bond donors (Lipinski definition) is 1. The van der Waals surface area contributed by atoms with Crippen molar-refractivity contribution in [3.8, 4) is 11.5 Å². The van der Waals surface area contributed by atoms with Gasteiger partial charge in [0.05, 0.1) is 17.7 Å². The SMILES string of the molecule is OCCN1CCN(C2=Nc3cc(C(F)(F)F)ccc3Oc3ccccc32)CC1. The van der Waals surface area contributed by atoms with Crippen LogP contribution in [0.2, 0.25) is 0 Å². The van der Waals surface area contributed by atoms with Gasteiger partial charge in [0.1, 0.15) is 17.3 Å². The lowest BCUT2D eigenvalue weighted by Gasteiger charge is -2.36. The first-order valence-corrected chi connectivity index (χ1v) is 9.11. The smallest absolute Gasteiger partial charge is 0.416 e. The van der Waals surface area contributed by atoms with Crippen molar-refractivity contribution in [3.63, 3.8) is 0 Å².